The van der Waals surface area contributed by atoms with Crippen molar-refractivity contribution >= 4 is 19.4 Å². The Balaban J connectivity index is 4.19. The van der Waals surface area contributed by atoms with E-state index in [9.17, 15) is 4.57 Å². The van der Waals surface area contributed by atoms with Gasteiger partial charge in [0.05, 0.1) is 13.2 Å². The van der Waals surface area contributed by atoms with Crippen molar-refractivity contribution < 1.29 is 13.6 Å². The topological polar surface area (TPSA) is 35.5 Å². The molecule has 0 aromatic rings. The molecule has 0 bridgehead atoms. The summed E-state index contributed by atoms with van der Waals surface area (Å²) in [5.74, 6) is 2.72. The normalized spacial score (nSPS) is 12.3. The van der Waals surface area contributed by atoms with E-state index in [1.54, 1.807) is 17.6 Å². The zero-order valence-corrected chi connectivity index (χ0v) is 17.1. The highest BCUT2D eigenvalue weighted by atomic mass is 32.2. The van der Waals surface area contributed by atoms with E-state index < -0.39 is 7.60 Å². The summed E-state index contributed by atoms with van der Waals surface area (Å²) < 4.78 is 24.0. The highest BCUT2D eigenvalue weighted by molar-refractivity contribution is 8.02. The molecule has 0 spiro atoms. The van der Waals surface area contributed by atoms with Crippen molar-refractivity contribution in [3.63, 3.8) is 0 Å². The van der Waals surface area contributed by atoms with Gasteiger partial charge in [0.1, 0.15) is 0 Å². The van der Waals surface area contributed by atoms with E-state index >= 15 is 0 Å². The lowest BCUT2D eigenvalue weighted by molar-refractivity contribution is 0.205. The van der Waals surface area contributed by atoms with E-state index in [2.05, 4.69) is 20.8 Å². The molecule has 0 saturated heterocycles. The molecular formula is C18H37O3PS. The Morgan fingerprint density at radius 3 is 1.78 bits per heavy atom. The summed E-state index contributed by atoms with van der Waals surface area (Å²) in [5.41, 5.74) is 0. The van der Waals surface area contributed by atoms with Crippen molar-refractivity contribution in [3.05, 3.63) is 11.2 Å². The van der Waals surface area contributed by atoms with Crippen LogP contribution < -0.4 is 0 Å². The zero-order valence-electron chi connectivity index (χ0n) is 15.4. The molecule has 0 atom stereocenters. The Kier molecular flexibility index (Phi) is 17.3. The number of thioether (sulfide) groups is 1. The van der Waals surface area contributed by atoms with Crippen LogP contribution >= 0.6 is 19.4 Å². The molecule has 0 amide bonds. The molecule has 0 heterocycles. The summed E-state index contributed by atoms with van der Waals surface area (Å²) in [6.07, 6.45) is 11.3. The molecule has 23 heavy (non-hydrogen) atoms. The molecule has 0 saturated carbocycles. The van der Waals surface area contributed by atoms with Crippen LogP contribution in [0.1, 0.15) is 85.0 Å². The average molecular weight is 365 g/mol. The minimum absolute atomic E-state index is 0.524. The number of hydrogen-bond acceptors (Lipinski definition) is 4. The van der Waals surface area contributed by atoms with Gasteiger partial charge in [0.15, 0.2) is 0 Å². The summed E-state index contributed by atoms with van der Waals surface area (Å²) in [4.78, 5) is 0. The molecule has 0 aromatic carbocycles. The zero-order chi connectivity index (χ0) is 17.2. The molecule has 5 heteroatoms. The van der Waals surface area contributed by atoms with E-state index in [0.29, 0.717) is 13.2 Å². The maximum atomic E-state index is 12.8. The molecule has 0 aliphatic carbocycles. The molecule has 0 aliphatic heterocycles. The average Bonchev–Trinajstić information content (AvgIpc) is 2.54. The highest BCUT2D eigenvalue weighted by Gasteiger charge is 2.20. The molecule has 138 valence electrons. The summed E-state index contributed by atoms with van der Waals surface area (Å²) in [7, 11) is -3.07. The predicted molar refractivity (Wildman–Crippen MR) is 104 cm³/mol. The van der Waals surface area contributed by atoms with Gasteiger partial charge in [-0.2, -0.15) is 0 Å². The third-order valence-electron chi connectivity index (χ3n) is 3.49. The predicted octanol–water partition coefficient (Wildman–Crippen LogP) is 7.38. The molecular weight excluding hydrogens is 327 g/mol. The molecule has 3 nitrogen and oxygen atoms in total. The maximum Gasteiger partial charge on any atom is 0.354 e. The summed E-state index contributed by atoms with van der Waals surface area (Å²) in [6, 6.07) is 0. The number of rotatable bonds is 17. The second-order valence-corrected chi connectivity index (χ2v) is 8.75. The molecule has 0 N–H and O–H groups in total. The van der Waals surface area contributed by atoms with Crippen LogP contribution in [0.5, 0.6) is 0 Å². The molecule has 0 rings (SSSR count). The van der Waals surface area contributed by atoms with Gasteiger partial charge in [-0.1, -0.05) is 65.7 Å². The Labute approximate surface area is 148 Å². The molecule has 0 aromatic heterocycles. The quantitative estimate of drug-likeness (QED) is 0.199. The van der Waals surface area contributed by atoms with Crippen LogP contribution in [0.15, 0.2) is 11.2 Å². The fraction of sp³-hybridized carbons (Fsp3) is 0.889. The minimum atomic E-state index is -3.07. The molecule has 0 radical (unpaired) electrons. The van der Waals surface area contributed by atoms with E-state index in [0.717, 1.165) is 31.4 Å². The van der Waals surface area contributed by atoms with Crippen LogP contribution in [-0.2, 0) is 13.6 Å². The van der Waals surface area contributed by atoms with Crippen molar-refractivity contribution in [2.75, 3.05) is 19.0 Å². The van der Waals surface area contributed by atoms with Gasteiger partial charge in [-0.15, -0.1) is 11.8 Å². The van der Waals surface area contributed by atoms with Crippen LogP contribution in [-0.4, -0.2) is 19.0 Å². The molecule has 0 fully saturated rings. The summed E-state index contributed by atoms with van der Waals surface area (Å²) in [6.45, 7) is 7.59. The van der Waals surface area contributed by atoms with E-state index in [1.807, 2.05) is 5.41 Å². The third-order valence-corrected chi connectivity index (χ3v) is 6.15. The Morgan fingerprint density at radius 2 is 1.30 bits per heavy atom. The number of unbranched alkanes of at least 4 members (excludes halogenated alkanes) is 7. The lowest BCUT2D eigenvalue weighted by Gasteiger charge is -2.15. The Bertz CT molecular complexity index is 303. The van der Waals surface area contributed by atoms with Crippen LogP contribution in [0.25, 0.3) is 0 Å². The van der Waals surface area contributed by atoms with E-state index in [4.69, 9.17) is 9.05 Å². The van der Waals surface area contributed by atoms with Crippen molar-refractivity contribution in [3.8, 4) is 0 Å². The van der Waals surface area contributed by atoms with Crippen LogP contribution in [0.4, 0.5) is 0 Å². The minimum Gasteiger partial charge on any atom is -0.306 e. The Hall–Kier alpha value is 0.240. The molecule has 0 aliphatic rings. The lowest BCUT2D eigenvalue weighted by atomic mass is 10.2. The van der Waals surface area contributed by atoms with Gasteiger partial charge in [-0.25, -0.2) is 0 Å². The van der Waals surface area contributed by atoms with Crippen molar-refractivity contribution in [2.24, 2.45) is 0 Å². The van der Waals surface area contributed by atoms with Crippen molar-refractivity contribution in [1.82, 2.24) is 0 Å². The second-order valence-electron chi connectivity index (χ2n) is 5.84. The van der Waals surface area contributed by atoms with Gasteiger partial charge in [-0.3, -0.25) is 4.57 Å². The van der Waals surface area contributed by atoms with Gasteiger partial charge >= 0.3 is 7.60 Å². The largest absolute Gasteiger partial charge is 0.354 e. The van der Waals surface area contributed by atoms with Gasteiger partial charge in [0, 0.05) is 5.82 Å². The monoisotopic (exact) mass is 364 g/mol. The fourth-order valence-electron chi connectivity index (χ4n) is 1.98. The molecule has 0 unspecified atom stereocenters. The third kappa shape index (κ3) is 15.5. The van der Waals surface area contributed by atoms with Crippen molar-refractivity contribution in [1.29, 1.82) is 0 Å². The van der Waals surface area contributed by atoms with Crippen LogP contribution in [0.3, 0.4) is 0 Å². The summed E-state index contributed by atoms with van der Waals surface area (Å²) >= 11 is 1.69. The van der Waals surface area contributed by atoms with Gasteiger partial charge in [-0.05, 0) is 30.4 Å². The van der Waals surface area contributed by atoms with E-state index in [-0.39, 0.29) is 0 Å². The van der Waals surface area contributed by atoms with E-state index in [1.165, 1.54) is 38.5 Å². The highest BCUT2D eigenvalue weighted by Crippen LogP contribution is 2.50. The Morgan fingerprint density at radius 1 is 0.783 bits per heavy atom. The van der Waals surface area contributed by atoms with Crippen LogP contribution in [0, 0.1) is 0 Å². The fourth-order valence-corrected chi connectivity index (χ4v) is 4.52. The van der Waals surface area contributed by atoms with Crippen LogP contribution in [0.2, 0.25) is 0 Å². The lowest BCUT2D eigenvalue weighted by Crippen LogP contribution is -1.98. The first-order chi connectivity index (χ1) is 11.2. The van der Waals surface area contributed by atoms with Gasteiger partial charge in [0.2, 0.25) is 0 Å². The van der Waals surface area contributed by atoms with Gasteiger partial charge in [0.25, 0.3) is 0 Å². The standard InChI is InChI=1S/C18H37O3PS/c1-4-7-10-12-14-20-22(19,16-18-23-17-9-6-3)21-15-13-11-8-5-2/h16,18H,4-15,17H2,1-3H3. The first-order valence-electron chi connectivity index (χ1n) is 9.36. The smallest absolute Gasteiger partial charge is 0.306 e. The van der Waals surface area contributed by atoms with Crippen molar-refractivity contribution in [2.45, 2.75) is 85.0 Å². The summed E-state index contributed by atoms with van der Waals surface area (Å²) in [5, 5.41) is 1.90. The maximum absolute atomic E-state index is 12.8. The van der Waals surface area contributed by atoms with Gasteiger partial charge < -0.3 is 9.05 Å². The number of hydrogen-bond donors (Lipinski definition) is 0. The first kappa shape index (κ1) is 23.2. The first-order valence-corrected chi connectivity index (χ1v) is 12.0. The SMILES string of the molecule is CCCCCCOP(=O)(C=CSCCCC)OCCCCCC. The second kappa shape index (κ2) is 17.1.